The van der Waals surface area contributed by atoms with E-state index in [4.69, 9.17) is 4.74 Å². The van der Waals surface area contributed by atoms with E-state index in [0.717, 1.165) is 22.4 Å². The van der Waals surface area contributed by atoms with Gasteiger partial charge in [-0.3, -0.25) is 0 Å². The van der Waals surface area contributed by atoms with Gasteiger partial charge in [-0.1, -0.05) is 35.4 Å². The third kappa shape index (κ3) is 6.17. The number of hydrogen-bond acceptors (Lipinski definition) is 4. The smallest absolute Gasteiger partial charge is 0.243 e. The van der Waals surface area contributed by atoms with Crippen LogP contribution < -0.4 is 4.74 Å². The van der Waals surface area contributed by atoms with E-state index < -0.39 is 21.7 Å². The van der Waals surface area contributed by atoms with E-state index >= 15 is 0 Å². The van der Waals surface area contributed by atoms with Crippen molar-refractivity contribution in [3.63, 3.8) is 0 Å². The summed E-state index contributed by atoms with van der Waals surface area (Å²) < 4.78 is 33.8. The summed E-state index contributed by atoms with van der Waals surface area (Å²) >= 11 is 0. The topological polar surface area (TPSA) is 66.8 Å². The van der Waals surface area contributed by atoms with Gasteiger partial charge < -0.3 is 9.84 Å². The number of sulfonamides is 1. The van der Waals surface area contributed by atoms with Gasteiger partial charge in [-0.25, -0.2) is 8.42 Å². The van der Waals surface area contributed by atoms with Crippen LogP contribution in [0.1, 0.15) is 38.3 Å². The van der Waals surface area contributed by atoms with Gasteiger partial charge in [-0.2, -0.15) is 4.31 Å². The van der Waals surface area contributed by atoms with Gasteiger partial charge in [0.05, 0.1) is 23.6 Å². The van der Waals surface area contributed by atoms with Crippen LogP contribution in [0.4, 0.5) is 0 Å². The van der Waals surface area contributed by atoms with E-state index in [0.29, 0.717) is 12.8 Å². The molecule has 5 nitrogen and oxygen atoms in total. The molecule has 30 heavy (non-hydrogen) atoms. The van der Waals surface area contributed by atoms with Gasteiger partial charge in [0, 0.05) is 6.54 Å². The van der Waals surface area contributed by atoms with Crippen molar-refractivity contribution in [3.05, 3.63) is 71.8 Å². The quantitative estimate of drug-likeness (QED) is 0.568. The largest absolute Gasteiger partial charge is 0.497 e. The first-order valence-electron chi connectivity index (χ1n) is 10.0. The second-order valence-corrected chi connectivity index (χ2v) is 10.2. The van der Waals surface area contributed by atoms with Crippen LogP contribution in [0.3, 0.4) is 0 Å². The molecule has 0 saturated heterocycles. The minimum Gasteiger partial charge on any atom is -0.497 e. The number of aryl methyl sites for hydroxylation is 1. The summed E-state index contributed by atoms with van der Waals surface area (Å²) in [7, 11) is -2.22. The molecule has 1 N–H and O–H groups in total. The Morgan fingerprint density at radius 1 is 1.13 bits per heavy atom. The van der Waals surface area contributed by atoms with E-state index in [-0.39, 0.29) is 11.4 Å². The van der Waals surface area contributed by atoms with Crippen LogP contribution in [0, 0.1) is 6.92 Å². The Labute approximate surface area is 181 Å². The van der Waals surface area contributed by atoms with Crippen molar-refractivity contribution in [2.75, 3.05) is 13.7 Å². The molecule has 0 fully saturated rings. The second kappa shape index (κ2) is 9.77. The molecule has 164 valence electrons. The van der Waals surface area contributed by atoms with Crippen LogP contribution in [0.5, 0.6) is 5.75 Å². The second-order valence-electron chi connectivity index (χ2n) is 8.36. The van der Waals surface area contributed by atoms with Crippen LogP contribution in [-0.4, -0.2) is 43.1 Å². The summed E-state index contributed by atoms with van der Waals surface area (Å²) in [5.74, 6) is 0.727. The zero-order valence-electron chi connectivity index (χ0n) is 18.6. The fourth-order valence-electron chi connectivity index (χ4n) is 3.28. The highest BCUT2D eigenvalue weighted by Crippen LogP contribution is 2.28. The molecule has 1 atom stereocenters. The third-order valence-electron chi connectivity index (χ3n) is 5.14. The van der Waals surface area contributed by atoms with E-state index in [1.54, 1.807) is 45.2 Å². The third-order valence-corrected chi connectivity index (χ3v) is 7.06. The molecule has 0 bridgehead atoms. The van der Waals surface area contributed by atoms with E-state index in [9.17, 15) is 13.5 Å². The first kappa shape index (κ1) is 24.1. The first-order valence-corrected chi connectivity index (χ1v) is 11.5. The van der Waals surface area contributed by atoms with Crippen molar-refractivity contribution in [3.8, 4) is 5.75 Å². The molecule has 2 rings (SSSR count). The predicted octanol–water partition coefficient (Wildman–Crippen LogP) is 4.34. The van der Waals surface area contributed by atoms with Crippen molar-refractivity contribution >= 4 is 10.0 Å². The monoisotopic (exact) mass is 431 g/mol. The number of methoxy groups -OCH3 is 1. The Balaban J connectivity index is 2.49. The van der Waals surface area contributed by atoms with Gasteiger partial charge >= 0.3 is 0 Å². The number of hydrogen-bond donors (Lipinski definition) is 1. The zero-order valence-corrected chi connectivity index (χ0v) is 19.4. The van der Waals surface area contributed by atoms with Gasteiger partial charge in [0.15, 0.2) is 0 Å². The summed E-state index contributed by atoms with van der Waals surface area (Å²) in [6, 6.07) is 13.6. The molecule has 0 aliphatic heterocycles. The van der Waals surface area contributed by atoms with Crippen molar-refractivity contribution < 1.29 is 18.3 Å². The predicted molar refractivity (Wildman–Crippen MR) is 121 cm³/mol. The maximum Gasteiger partial charge on any atom is 0.243 e. The zero-order chi connectivity index (χ0) is 22.5. The SMILES string of the molecule is C=C(C)CCN([C@H](Cc1ccc(OC)cc1)C(C)(C)O)S(=O)(=O)c1ccc(C)cc1. The van der Waals surface area contributed by atoms with Crippen molar-refractivity contribution in [2.45, 2.75) is 57.1 Å². The summed E-state index contributed by atoms with van der Waals surface area (Å²) in [6.07, 6.45) is 0.884. The van der Waals surface area contributed by atoms with Crippen LogP contribution in [0.15, 0.2) is 65.6 Å². The number of ether oxygens (including phenoxy) is 1. The molecule has 6 heteroatoms. The Morgan fingerprint density at radius 3 is 2.17 bits per heavy atom. The lowest BCUT2D eigenvalue weighted by Crippen LogP contribution is -2.53. The molecule has 0 aromatic heterocycles. The molecule has 0 aliphatic carbocycles. The van der Waals surface area contributed by atoms with Gasteiger partial charge in [0.1, 0.15) is 5.75 Å². The van der Waals surface area contributed by atoms with E-state index in [1.165, 1.54) is 4.31 Å². The Hall–Kier alpha value is -2.15. The highest BCUT2D eigenvalue weighted by Gasteiger charge is 2.39. The molecule has 0 unspecified atom stereocenters. The fraction of sp³-hybridized carbons (Fsp3) is 0.417. The average Bonchev–Trinajstić information content (AvgIpc) is 2.67. The average molecular weight is 432 g/mol. The Kier molecular flexibility index (Phi) is 7.86. The standard InChI is InChI=1S/C24H33NO4S/c1-18(2)15-16-25(30(27,28)22-13-7-19(3)8-14-22)23(24(4,5)26)17-20-9-11-21(29-6)12-10-20/h7-14,23,26H,1,15-17H2,2-6H3/t23-/m1/s1. The van der Waals surface area contributed by atoms with E-state index in [2.05, 4.69) is 6.58 Å². The molecule has 0 radical (unpaired) electrons. The molecule has 2 aromatic rings. The van der Waals surface area contributed by atoms with Gasteiger partial charge in [0.2, 0.25) is 10.0 Å². The van der Waals surface area contributed by atoms with Crippen LogP contribution in [-0.2, 0) is 16.4 Å². The molecular weight excluding hydrogens is 398 g/mol. The number of benzene rings is 2. The summed E-state index contributed by atoms with van der Waals surface area (Å²) in [4.78, 5) is 0.221. The molecule has 0 heterocycles. The summed E-state index contributed by atoms with van der Waals surface area (Å²) in [6.45, 7) is 11.3. The minimum atomic E-state index is -3.82. The molecule has 0 saturated carbocycles. The van der Waals surface area contributed by atoms with Crippen molar-refractivity contribution in [2.24, 2.45) is 0 Å². The highest BCUT2D eigenvalue weighted by molar-refractivity contribution is 7.89. The van der Waals surface area contributed by atoms with Gasteiger partial charge in [-0.15, -0.1) is 6.58 Å². The fourth-order valence-corrected chi connectivity index (χ4v) is 5.03. The summed E-state index contributed by atoms with van der Waals surface area (Å²) in [5, 5.41) is 11.0. The Bertz CT molecular complexity index is 942. The lowest BCUT2D eigenvalue weighted by Gasteiger charge is -2.38. The van der Waals surface area contributed by atoms with Crippen LogP contribution in [0.2, 0.25) is 0 Å². The molecule has 0 aliphatic rings. The number of rotatable bonds is 10. The van der Waals surface area contributed by atoms with Gasteiger partial charge in [-0.05, 0) is 70.4 Å². The van der Waals surface area contributed by atoms with Crippen LogP contribution in [0.25, 0.3) is 0 Å². The lowest BCUT2D eigenvalue weighted by atomic mass is 9.92. The molecular formula is C24H33NO4S. The number of nitrogens with zero attached hydrogens (tertiary/aromatic N) is 1. The van der Waals surface area contributed by atoms with Gasteiger partial charge in [0.25, 0.3) is 0 Å². The maximum absolute atomic E-state index is 13.6. The van der Waals surface area contributed by atoms with Crippen LogP contribution >= 0.6 is 0 Å². The normalized spacial score (nSPS) is 13.3. The molecule has 0 spiro atoms. The molecule has 2 aromatic carbocycles. The minimum absolute atomic E-state index is 0.221. The molecule has 0 amide bonds. The highest BCUT2D eigenvalue weighted by atomic mass is 32.2. The number of aliphatic hydroxyl groups is 1. The lowest BCUT2D eigenvalue weighted by molar-refractivity contribution is 0.00884. The van der Waals surface area contributed by atoms with Crippen molar-refractivity contribution in [1.29, 1.82) is 0 Å². The first-order chi connectivity index (χ1) is 13.9. The maximum atomic E-state index is 13.6. The van der Waals surface area contributed by atoms with E-state index in [1.807, 2.05) is 38.1 Å². The van der Waals surface area contributed by atoms with Crippen molar-refractivity contribution in [1.82, 2.24) is 4.31 Å². The summed E-state index contributed by atoms with van der Waals surface area (Å²) in [5.41, 5.74) is 1.53. The Morgan fingerprint density at radius 2 is 1.70 bits per heavy atom.